The Kier molecular flexibility index (Phi) is 5.74. The monoisotopic (exact) mass is 377 g/mol. The van der Waals surface area contributed by atoms with Gasteiger partial charge >= 0.3 is 0 Å². The molecule has 1 aliphatic rings. The van der Waals surface area contributed by atoms with Crippen molar-refractivity contribution in [2.75, 3.05) is 13.2 Å². The summed E-state index contributed by atoms with van der Waals surface area (Å²) in [6, 6.07) is 19.0. The second kappa shape index (κ2) is 8.59. The lowest BCUT2D eigenvalue weighted by atomic mass is 9.82. The van der Waals surface area contributed by atoms with Crippen LogP contribution in [0.4, 0.5) is 0 Å². The molecule has 1 fully saturated rings. The predicted molar refractivity (Wildman–Crippen MR) is 109 cm³/mol. The molecule has 0 spiro atoms. The number of aromatic nitrogens is 2. The summed E-state index contributed by atoms with van der Waals surface area (Å²) < 4.78 is 13.4. The summed E-state index contributed by atoms with van der Waals surface area (Å²) in [6.45, 7) is 2.87. The summed E-state index contributed by atoms with van der Waals surface area (Å²) in [7, 11) is 1.97. The van der Waals surface area contributed by atoms with Gasteiger partial charge in [0, 0.05) is 44.7 Å². The number of imidazole rings is 1. The number of rotatable bonds is 7. The summed E-state index contributed by atoms with van der Waals surface area (Å²) in [5, 5.41) is 3.81. The first kappa shape index (κ1) is 18.7. The predicted octanol–water partition coefficient (Wildman–Crippen LogP) is 3.79. The van der Waals surface area contributed by atoms with Crippen LogP contribution >= 0.6 is 0 Å². The summed E-state index contributed by atoms with van der Waals surface area (Å²) in [5.74, 6) is 1.77. The molecule has 3 aromatic rings. The molecule has 0 bridgehead atoms. The van der Waals surface area contributed by atoms with Crippen molar-refractivity contribution in [3.63, 3.8) is 0 Å². The smallest absolute Gasteiger partial charge is 0.146 e. The molecular weight excluding hydrogens is 350 g/mol. The Bertz CT molecular complexity index is 868. The van der Waals surface area contributed by atoms with Gasteiger partial charge in [-0.05, 0) is 36.1 Å². The van der Waals surface area contributed by atoms with Gasteiger partial charge in [0.2, 0.25) is 0 Å². The van der Waals surface area contributed by atoms with Crippen molar-refractivity contribution in [1.29, 1.82) is 0 Å². The van der Waals surface area contributed by atoms with E-state index in [1.165, 1.54) is 11.1 Å². The molecule has 28 heavy (non-hydrogen) atoms. The zero-order valence-corrected chi connectivity index (χ0v) is 16.3. The van der Waals surface area contributed by atoms with E-state index >= 15 is 0 Å². The number of hydrogen-bond donors (Lipinski definition) is 1. The Balaban J connectivity index is 1.38. The Hall–Kier alpha value is -2.63. The summed E-state index contributed by atoms with van der Waals surface area (Å²) in [6.07, 6.45) is 5.68. The molecular formula is C23H27N3O2. The van der Waals surface area contributed by atoms with Crippen LogP contribution in [0.5, 0.6) is 5.75 Å². The van der Waals surface area contributed by atoms with Gasteiger partial charge in [0.25, 0.3) is 0 Å². The number of benzene rings is 2. The van der Waals surface area contributed by atoms with Crippen molar-refractivity contribution in [2.24, 2.45) is 7.05 Å². The minimum Gasteiger partial charge on any atom is -0.486 e. The van der Waals surface area contributed by atoms with Gasteiger partial charge in [-0.15, -0.1) is 0 Å². The molecule has 1 saturated heterocycles. The highest BCUT2D eigenvalue weighted by Crippen LogP contribution is 2.32. The van der Waals surface area contributed by atoms with Gasteiger partial charge in [0.05, 0.1) is 0 Å². The zero-order valence-electron chi connectivity index (χ0n) is 16.3. The molecule has 1 aliphatic heterocycles. The number of hydrogen-bond acceptors (Lipinski definition) is 4. The molecule has 0 radical (unpaired) electrons. The molecule has 0 unspecified atom stereocenters. The summed E-state index contributed by atoms with van der Waals surface area (Å²) in [5.41, 5.74) is 2.56. The minimum absolute atomic E-state index is 0.0209. The van der Waals surface area contributed by atoms with Crippen molar-refractivity contribution in [3.05, 3.63) is 83.9 Å². The van der Waals surface area contributed by atoms with Gasteiger partial charge in [-0.3, -0.25) is 0 Å². The molecule has 1 N–H and O–H groups in total. The van der Waals surface area contributed by atoms with Crippen LogP contribution in [0.2, 0.25) is 0 Å². The topological polar surface area (TPSA) is 48.3 Å². The first-order chi connectivity index (χ1) is 13.8. The van der Waals surface area contributed by atoms with E-state index in [1.54, 1.807) is 6.20 Å². The van der Waals surface area contributed by atoms with Gasteiger partial charge in [0.1, 0.15) is 18.2 Å². The fourth-order valence-corrected chi connectivity index (χ4v) is 3.70. The van der Waals surface area contributed by atoms with E-state index in [0.717, 1.165) is 44.2 Å². The third kappa shape index (κ3) is 4.26. The van der Waals surface area contributed by atoms with E-state index in [4.69, 9.17) is 9.47 Å². The highest BCUT2D eigenvalue weighted by atomic mass is 16.5. The maximum atomic E-state index is 5.85. The standard InChI is InChI=1S/C23H27N3O2/c1-26-14-13-24-22(26)18-28-21-9-7-19(8-10-21)17-25-23(11-15-27-16-12-23)20-5-3-2-4-6-20/h2-10,13-14,25H,11-12,15-18H2,1H3. The van der Waals surface area contributed by atoms with E-state index in [0.29, 0.717) is 6.61 Å². The van der Waals surface area contributed by atoms with E-state index in [1.807, 2.05) is 29.9 Å². The van der Waals surface area contributed by atoms with Crippen LogP contribution in [-0.2, 0) is 30.5 Å². The molecule has 0 atom stereocenters. The zero-order chi connectivity index (χ0) is 19.2. The third-order valence-electron chi connectivity index (χ3n) is 5.52. The van der Waals surface area contributed by atoms with Crippen LogP contribution in [0.15, 0.2) is 67.0 Å². The first-order valence-corrected chi connectivity index (χ1v) is 9.81. The maximum absolute atomic E-state index is 5.85. The summed E-state index contributed by atoms with van der Waals surface area (Å²) >= 11 is 0. The van der Waals surface area contributed by atoms with Crippen LogP contribution in [0.25, 0.3) is 0 Å². The number of aryl methyl sites for hydroxylation is 1. The van der Waals surface area contributed by atoms with Crippen LogP contribution < -0.4 is 10.1 Å². The number of ether oxygens (including phenoxy) is 2. The average Bonchev–Trinajstić information content (AvgIpc) is 3.17. The molecule has 0 aliphatic carbocycles. The molecule has 5 heteroatoms. The van der Waals surface area contributed by atoms with Gasteiger partial charge in [-0.2, -0.15) is 0 Å². The van der Waals surface area contributed by atoms with E-state index in [-0.39, 0.29) is 5.54 Å². The van der Waals surface area contributed by atoms with E-state index in [2.05, 4.69) is 52.8 Å². The SMILES string of the molecule is Cn1ccnc1COc1ccc(CNC2(c3ccccc3)CCOCC2)cc1. The molecule has 146 valence electrons. The molecule has 2 aromatic carbocycles. The Labute approximate surface area is 166 Å². The molecule has 1 aromatic heterocycles. The lowest BCUT2D eigenvalue weighted by molar-refractivity contribution is 0.0358. The van der Waals surface area contributed by atoms with Gasteiger partial charge in [-0.1, -0.05) is 42.5 Å². The maximum Gasteiger partial charge on any atom is 0.146 e. The van der Waals surface area contributed by atoms with Crippen LogP contribution in [0.1, 0.15) is 29.8 Å². The highest BCUT2D eigenvalue weighted by Gasteiger charge is 2.33. The largest absolute Gasteiger partial charge is 0.486 e. The second-order valence-electron chi connectivity index (χ2n) is 7.30. The number of nitrogens with zero attached hydrogens (tertiary/aromatic N) is 2. The van der Waals surface area contributed by atoms with Crippen molar-refractivity contribution in [2.45, 2.75) is 31.5 Å². The molecule has 0 saturated carbocycles. The number of nitrogens with one attached hydrogen (secondary N) is 1. The van der Waals surface area contributed by atoms with Crippen molar-refractivity contribution in [3.8, 4) is 5.75 Å². The lowest BCUT2D eigenvalue weighted by Gasteiger charge is -2.39. The quantitative estimate of drug-likeness (QED) is 0.680. The van der Waals surface area contributed by atoms with Crippen LogP contribution in [0, 0.1) is 0 Å². The van der Waals surface area contributed by atoms with E-state index < -0.39 is 0 Å². The fraction of sp³-hybridized carbons (Fsp3) is 0.348. The molecule has 2 heterocycles. The van der Waals surface area contributed by atoms with Crippen LogP contribution in [-0.4, -0.2) is 22.8 Å². The van der Waals surface area contributed by atoms with Gasteiger partial charge < -0.3 is 19.4 Å². The molecule has 0 amide bonds. The highest BCUT2D eigenvalue weighted by molar-refractivity contribution is 5.29. The van der Waals surface area contributed by atoms with E-state index in [9.17, 15) is 0 Å². The fourth-order valence-electron chi connectivity index (χ4n) is 3.70. The van der Waals surface area contributed by atoms with Crippen molar-refractivity contribution in [1.82, 2.24) is 14.9 Å². The Morgan fingerprint density at radius 1 is 1.07 bits per heavy atom. The van der Waals surface area contributed by atoms with Crippen LogP contribution in [0.3, 0.4) is 0 Å². The van der Waals surface area contributed by atoms with Crippen molar-refractivity contribution >= 4 is 0 Å². The second-order valence-corrected chi connectivity index (χ2v) is 7.30. The molecule has 5 nitrogen and oxygen atoms in total. The first-order valence-electron chi connectivity index (χ1n) is 9.81. The van der Waals surface area contributed by atoms with Crippen molar-refractivity contribution < 1.29 is 9.47 Å². The van der Waals surface area contributed by atoms with Gasteiger partial charge in [0.15, 0.2) is 0 Å². The Morgan fingerprint density at radius 3 is 2.50 bits per heavy atom. The normalized spacial score (nSPS) is 16.0. The minimum atomic E-state index is -0.0209. The lowest BCUT2D eigenvalue weighted by Crippen LogP contribution is -2.46. The summed E-state index contributed by atoms with van der Waals surface area (Å²) in [4.78, 5) is 4.28. The third-order valence-corrected chi connectivity index (χ3v) is 5.52. The Morgan fingerprint density at radius 2 is 1.82 bits per heavy atom. The van der Waals surface area contributed by atoms with Gasteiger partial charge in [-0.25, -0.2) is 4.98 Å². The average molecular weight is 377 g/mol. The molecule has 4 rings (SSSR count).